The second kappa shape index (κ2) is 32.2. The van der Waals surface area contributed by atoms with Crippen LogP contribution in [0.3, 0.4) is 0 Å². The summed E-state index contributed by atoms with van der Waals surface area (Å²) in [4.78, 5) is 89.3. The van der Waals surface area contributed by atoms with Crippen molar-refractivity contribution in [1.82, 2.24) is 30.0 Å². The molecular formula is C75H70F12N10O8S3. The molecule has 2 bridgehead atoms. The minimum atomic E-state index is -4.29. The van der Waals surface area contributed by atoms with Crippen molar-refractivity contribution in [2.45, 2.75) is 127 Å². The van der Waals surface area contributed by atoms with Gasteiger partial charge in [-0.25, -0.2) is 44.7 Å². The number of hydrogen-bond acceptors (Lipinski definition) is 14. The molecule has 6 heterocycles. The van der Waals surface area contributed by atoms with Gasteiger partial charge in [0.25, 0.3) is 35.4 Å². The topological polar surface area (TPSA) is 246 Å². The predicted octanol–water partition coefficient (Wildman–Crippen LogP) is 14.4. The molecule has 2 saturated heterocycles. The molecule has 570 valence electrons. The Morgan fingerprint density at radius 1 is 0.537 bits per heavy atom. The quantitative estimate of drug-likeness (QED) is 0.0534. The Labute approximate surface area is 620 Å². The van der Waals surface area contributed by atoms with Gasteiger partial charge in [0.2, 0.25) is 0 Å². The third-order valence-corrected chi connectivity index (χ3v) is 21.4. The van der Waals surface area contributed by atoms with Crippen molar-refractivity contribution >= 4 is 90.7 Å². The number of nitrogens with zero attached hydrogens (tertiary/aromatic N) is 5. The molecule has 6 aromatic carbocycles. The summed E-state index contributed by atoms with van der Waals surface area (Å²) >= 11 is 2.18. The molecule has 12 rings (SSSR count). The van der Waals surface area contributed by atoms with Gasteiger partial charge in [0, 0.05) is 99.5 Å². The molecular weight excluding hydrogens is 1490 g/mol. The van der Waals surface area contributed by atoms with Gasteiger partial charge in [-0.15, -0.1) is 22.7 Å². The molecule has 18 nitrogen and oxygen atoms in total. The van der Waals surface area contributed by atoms with Crippen LogP contribution < -0.4 is 27.0 Å². The summed E-state index contributed by atoms with van der Waals surface area (Å²) in [6.07, 6.45) is 4.46. The van der Waals surface area contributed by atoms with E-state index in [0.717, 1.165) is 87.2 Å². The van der Waals surface area contributed by atoms with Crippen LogP contribution in [-0.4, -0.2) is 106 Å². The maximum atomic E-state index is 15.5. The standard InChI is InChI=1S/C27H29F4N3O2.C24H20F4N4O2S.C24H21F4N3O4S2/c1-15(2)32-19-13-20-5-4-6-21(14-19)34(20)26(36)27(30,31)22-12-17(7-9-24(22)29)25(35)33-18-8-10-23(28)16(3)11-18;1-12-9-15(4-6-17(12)25)30-21(33)14-3-5-18(26)16(10-14)24(27,28)23(34)32-8-7-19-20(11-32)35-22(31-19)13(2)29;1-13-9-15(4-6-17(13)25)29-22(32)14-3-5-18(26)16(10-14)24(27,28)23(33)31-8-7-19-20(11-31)36-21(30-19)12-37(2,34)35/h7-12,19-21,32H,1,4-6,13-14H2,2-3H3,(H,33,35);3-6,9-10H,2,7-8,11,29H2,1H3,(H,30,33);3-6,9-10H,7-8,11-12H2,1-2H3,(H,29,32)/t19?,20-,21+;;. The number of carbonyl (C=O) groups excluding carboxylic acids is 6. The van der Waals surface area contributed by atoms with E-state index in [4.69, 9.17) is 5.73 Å². The first-order valence-electron chi connectivity index (χ1n) is 33.4. The number of anilines is 3. The fourth-order valence-corrected chi connectivity index (χ4v) is 16.1. The molecule has 4 aliphatic heterocycles. The molecule has 3 atom stereocenters. The van der Waals surface area contributed by atoms with Crippen LogP contribution in [0, 0.1) is 55.7 Å². The summed E-state index contributed by atoms with van der Waals surface area (Å²) < 4.78 is 199. The highest BCUT2D eigenvalue weighted by Gasteiger charge is 2.53. The van der Waals surface area contributed by atoms with Crippen LogP contribution in [0.1, 0.15) is 135 Å². The van der Waals surface area contributed by atoms with Crippen LogP contribution >= 0.6 is 22.7 Å². The zero-order valence-corrected chi connectivity index (χ0v) is 60.8. The van der Waals surface area contributed by atoms with Crippen molar-refractivity contribution in [1.29, 1.82) is 0 Å². The number of carbonyl (C=O) groups is 6. The van der Waals surface area contributed by atoms with Crippen molar-refractivity contribution < 1.29 is 89.9 Å². The van der Waals surface area contributed by atoms with Gasteiger partial charge in [-0.2, -0.15) is 26.3 Å². The van der Waals surface area contributed by atoms with E-state index >= 15 is 26.3 Å². The van der Waals surface area contributed by atoms with Crippen molar-refractivity contribution in [2.24, 2.45) is 5.73 Å². The van der Waals surface area contributed by atoms with E-state index in [2.05, 4.69) is 44.4 Å². The highest BCUT2D eigenvalue weighted by atomic mass is 32.2. The fraction of sp³-hybridized carbons (Fsp3) is 0.307. The lowest BCUT2D eigenvalue weighted by molar-refractivity contribution is -0.170. The first-order valence-corrected chi connectivity index (χ1v) is 37.1. The van der Waals surface area contributed by atoms with Gasteiger partial charge in [-0.3, -0.25) is 28.8 Å². The summed E-state index contributed by atoms with van der Waals surface area (Å²) in [7, 11) is -3.35. The van der Waals surface area contributed by atoms with E-state index in [0.29, 0.717) is 87.2 Å². The number of allylic oxidation sites excluding steroid dienone is 1. The number of hydrogen-bond donors (Lipinski definition) is 5. The van der Waals surface area contributed by atoms with Gasteiger partial charge in [0.05, 0.1) is 46.9 Å². The zero-order chi connectivity index (χ0) is 78.8. The lowest BCUT2D eigenvalue weighted by Gasteiger charge is -2.50. The number of sulfone groups is 1. The van der Waals surface area contributed by atoms with E-state index in [1.807, 2.05) is 6.92 Å². The normalized spacial score (nSPS) is 16.3. The number of rotatable bonds is 17. The number of nitrogens with one attached hydrogen (secondary N) is 4. The zero-order valence-electron chi connectivity index (χ0n) is 58.4. The van der Waals surface area contributed by atoms with Crippen LogP contribution in [0.25, 0.3) is 5.70 Å². The maximum absolute atomic E-state index is 15.5. The molecule has 0 saturated carbocycles. The number of halogens is 12. The van der Waals surface area contributed by atoms with Crippen LogP contribution in [0.5, 0.6) is 0 Å². The molecule has 1 unspecified atom stereocenters. The van der Waals surface area contributed by atoms with E-state index in [9.17, 15) is 63.5 Å². The minimum absolute atomic E-state index is 0.0344. The van der Waals surface area contributed by atoms with Gasteiger partial charge in [0.15, 0.2) is 9.84 Å². The smallest absolute Gasteiger partial charge is 0.352 e. The summed E-state index contributed by atoms with van der Waals surface area (Å²) in [5, 5.41) is 11.4. The third kappa shape index (κ3) is 18.2. The molecule has 0 spiro atoms. The lowest BCUT2D eigenvalue weighted by atomic mass is 9.81. The van der Waals surface area contributed by atoms with Gasteiger partial charge < -0.3 is 41.7 Å². The Morgan fingerprint density at radius 3 is 1.26 bits per heavy atom. The van der Waals surface area contributed by atoms with Crippen molar-refractivity contribution in [3.63, 3.8) is 0 Å². The van der Waals surface area contributed by atoms with Crippen LogP contribution in [0.4, 0.5) is 69.7 Å². The number of aromatic nitrogens is 2. The van der Waals surface area contributed by atoms with Crippen LogP contribution in [0.15, 0.2) is 128 Å². The number of aryl methyl sites for hydroxylation is 3. The number of benzene rings is 6. The van der Waals surface area contributed by atoms with E-state index in [1.165, 1.54) is 68.1 Å². The maximum Gasteiger partial charge on any atom is 0.352 e. The Bertz CT molecular complexity index is 5020. The molecule has 6 amide bonds. The first-order chi connectivity index (χ1) is 50.7. The summed E-state index contributed by atoms with van der Waals surface area (Å²) in [6.45, 7) is 13.3. The average Bonchev–Trinajstić information content (AvgIpc) is 0.832. The fourth-order valence-electron chi connectivity index (χ4n) is 12.8. The highest BCUT2D eigenvalue weighted by Crippen LogP contribution is 2.43. The molecule has 2 fully saturated rings. The van der Waals surface area contributed by atoms with Crippen molar-refractivity contribution in [2.75, 3.05) is 35.3 Å². The number of fused-ring (bicyclic) bond motifs is 4. The number of alkyl halides is 6. The Morgan fingerprint density at radius 2 is 0.898 bits per heavy atom. The summed E-state index contributed by atoms with van der Waals surface area (Å²) in [6, 6.07) is 17.9. The van der Waals surface area contributed by atoms with Crippen molar-refractivity contribution in [3.05, 3.63) is 244 Å². The largest absolute Gasteiger partial charge is 0.397 e. The Balaban J connectivity index is 0.000000173. The monoisotopic (exact) mass is 1560 g/mol. The number of thiazole rings is 2. The van der Waals surface area contributed by atoms with Gasteiger partial charge in [0.1, 0.15) is 50.7 Å². The summed E-state index contributed by atoms with van der Waals surface area (Å²) in [5.41, 5.74) is 4.90. The molecule has 0 aliphatic carbocycles. The number of amides is 6. The SMILES string of the molecule is C=C(C)NC1C[C@H]2CCC[C@@H](C1)N2C(=O)C(F)(F)c1cc(C(=O)Nc2ccc(F)c(C)c2)ccc1F.C=C(N)c1nc2c(s1)CN(C(=O)C(F)(F)c1cc(C(=O)Nc3ccc(F)c(C)c3)ccc1F)CC2.Cc1cc(NC(=O)c2ccc(F)c(C(F)(F)C(=O)N3CCc4nc(CS(C)(=O)=O)sc4C3)c2)ccc1F. The Hall–Kier alpha value is -10.4. The van der Waals surface area contributed by atoms with Crippen LogP contribution in [0.2, 0.25) is 0 Å². The Kier molecular flexibility index (Phi) is 23.9. The van der Waals surface area contributed by atoms with Gasteiger partial charge >= 0.3 is 17.8 Å². The van der Waals surface area contributed by atoms with E-state index in [-0.39, 0.29) is 119 Å². The number of nitrogens with two attached hydrogens (primary N) is 1. The van der Waals surface area contributed by atoms with Crippen LogP contribution in [-0.2, 0) is 73.7 Å². The molecule has 33 heteroatoms. The molecule has 6 N–H and O–H groups in total. The highest BCUT2D eigenvalue weighted by molar-refractivity contribution is 7.90. The lowest BCUT2D eigenvalue weighted by Crippen LogP contribution is -2.60. The molecule has 8 aromatic rings. The molecule has 2 aromatic heterocycles. The third-order valence-electron chi connectivity index (χ3n) is 18.2. The first kappa shape index (κ1) is 80.1. The van der Waals surface area contributed by atoms with E-state index in [1.54, 1.807) is 0 Å². The minimum Gasteiger partial charge on any atom is -0.397 e. The van der Waals surface area contributed by atoms with Crippen molar-refractivity contribution in [3.8, 4) is 0 Å². The molecule has 0 radical (unpaired) electrons. The summed E-state index contributed by atoms with van der Waals surface area (Å²) in [5.74, 6) is -25.5. The predicted molar refractivity (Wildman–Crippen MR) is 382 cm³/mol. The average molecular weight is 1560 g/mol. The number of piperidine rings is 2. The van der Waals surface area contributed by atoms with E-state index < -0.39 is 115 Å². The molecule has 108 heavy (non-hydrogen) atoms. The second-order valence-electron chi connectivity index (χ2n) is 26.5. The molecule has 4 aliphatic rings. The van der Waals surface area contributed by atoms with Gasteiger partial charge in [-0.1, -0.05) is 13.2 Å². The van der Waals surface area contributed by atoms with Gasteiger partial charge in [-0.05, 0) is 186 Å². The second-order valence-corrected chi connectivity index (χ2v) is 30.9.